The van der Waals surface area contributed by atoms with E-state index in [4.69, 9.17) is 9.47 Å². The Bertz CT molecular complexity index is 285. The largest absolute Gasteiger partial charge is 0.354 e. The average Bonchev–Trinajstić information content (AvgIpc) is 2.29. The Morgan fingerprint density at radius 3 is 2.29 bits per heavy atom. The Kier molecular flexibility index (Phi) is 6.45. The van der Waals surface area contributed by atoms with E-state index < -0.39 is 17.7 Å². The van der Waals surface area contributed by atoms with E-state index in [1.165, 1.54) is 14.2 Å². The summed E-state index contributed by atoms with van der Waals surface area (Å²) in [7, 11) is 2.95. The number of nitrogens with one attached hydrogen (secondary N) is 2. The fraction of sp³-hybridized carbons (Fsp3) is 0.636. The number of hydrogen-bond donors (Lipinski definition) is 2. The molecule has 0 spiro atoms. The van der Waals surface area contributed by atoms with Crippen LogP contribution in [0.5, 0.6) is 0 Å². The first-order chi connectivity index (χ1) is 7.87. The van der Waals surface area contributed by atoms with Gasteiger partial charge in [-0.25, -0.2) is 0 Å². The second-order valence-corrected chi connectivity index (χ2v) is 3.93. The van der Waals surface area contributed by atoms with Crippen LogP contribution < -0.4 is 10.6 Å². The van der Waals surface area contributed by atoms with Crippen LogP contribution in [0.4, 0.5) is 0 Å². The molecule has 0 aliphatic rings. The quantitative estimate of drug-likeness (QED) is 0.480. The summed E-state index contributed by atoms with van der Waals surface area (Å²) in [5.41, 5.74) is -1.02. The maximum atomic E-state index is 11.8. The summed E-state index contributed by atoms with van der Waals surface area (Å²) in [6.45, 7) is 6.72. The van der Waals surface area contributed by atoms with Crippen molar-refractivity contribution >= 4 is 11.8 Å². The fourth-order valence-corrected chi connectivity index (χ4v) is 1.08. The first kappa shape index (κ1) is 15.6. The molecule has 2 N–H and O–H groups in total. The van der Waals surface area contributed by atoms with Gasteiger partial charge in [0.05, 0.1) is 6.54 Å². The summed E-state index contributed by atoms with van der Waals surface area (Å²) in [4.78, 5) is 22.9. The molecule has 0 aromatic carbocycles. The maximum Gasteiger partial charge on any atom is 0.245 e. The van der Waals surface area contributed by atoms with Gasteiger partial charge < -0.3 is 20.1 Å². The third kappa shape index (κ3) is 5.46. The standard InChI is InChI=1S/C11H20N2O4/c1-6-8(14)13-11(2,3)10(15)12-7-9(16-4)17-5/h6,9H,1,7H2,2-5H3,(H,12,15)(H,13,14). The van der Waals surface area contributed by atoms with Gasteiger partial charge in [0, 0.05) is 14.2 Å². The van der Waals surface area contributed by atoms with Crippen molar-refractivity contribution in [3.8, 4) is 0 Å². The van der Waals surface area contributed by atoms with Crippen LogP contribution in [0, 0.1) is 0 Å². The number of hydrogen-bond acceptors (Lipinski definition) is 4. The average molecular weight is 244 g/mol. The van der Waals surface area contributed by atoms with E-state index in [9.17, 15) is 9.59 Å². The van der Waals surface area contributed by atoms with Gasteiger partial charge in [0.2, 0.25) is 11.8 Å². The molecule has 0 aromatic rings. The molecule has 0 unspecified atom stereocenters. The zero-order chi connectivity index (χ0) is 13.5. The van der Waals surface area contributed by atoms with Crippen LogP contribution in [0.15, 0.2) is 12.7 Å². The predicted molar refractivity (Wildman–Crippen MR) is 63.2 cm³/mol. The summed E-state index contributed by atoms with van der Waals surface area (Å²) < 4.78 is 9.85. The minimum Gasteiger partial charge on any atom is -0.354 e. The van der Waals surface area contributed by atoms with Gasteiger partial charge >= 0.3 is 0 Å². The van der Waals surface area contributed by atoms with E-state index in [2.05, 4.69) is 17.2 Å². The lowest BCUT2D eigenvalue weighted by Gasteiger charge is -2.25. The number of rotatable bonds is 7. The number of amides is 2. The van der Waals surface area contributed by atoms with Crippen LogP contribution in [-0.4, -0.2) is 44.4 Å². The molecule has 17 heavy (non-hydrogen) atoms. The number of carbonyl (C=O) groups excluding carboxylic acids is 2. The monoisotopic (exact) mass is 244 g/mol. The normalized spacial score (nSPS) is 11.1. The van der Waals surface area contributed by atoms with Crippen LogP contribution >= 0.6 is 0 Å². The molecule has 6 nitrogen and oxygen atoms in total. The van der Waals surface area contributed by atoms with Crippen LogP contribution in [0.3, 0.4) is 0 Å². The minimum absolute atomic E-state index is 0.208. The molecule has 0 aromatic heterocycles. The van der Waals surface area contributed by atoms with Crippen LogP contribution in [0.25, 0.3) is 0 Å². The second-order valence-electron chi connectivity index (χ2n) is 3.93. The van der Waals surface area contributed by atoms with E-state index in [1.807, 2.05) is 0 Å². The summed E-state index contributed by atoms with van der Waals surface area (Å²) >= 11 is 0. The topological polar surface area (TPSA) is 76.7 Å². The summed E-state index contributed by atoms with van der Waals surface area (Å²) in [6.07, 6.45) is 0.604. The zero-order valence-corrected chi connectivity index (χ0v) is 10.7. The van der Waals surface area contributed by atoms with Gasteiger partial charge in [-0.15, -0.1) is 0 Å². The van der Waals surface area contributed by atoms with Crippen molar-refractivity contribution in [2.75, 3.05) is 20.8 Å². The molecule has 0 aliphatic heterocycles. The van der Waals surface area contributed by atoms with Crippen molar-refractivity contribution in [1.29, 1.82) is 0 Å². The molecular formula is C11H20N2O4. The van der Waals surface area contributed by atoms with Gasteiger partial charge in [0.1, 0.15) is 5.54 Å². The van der Waals surface area contributed by atoms with Crippen LogP contribution in [-0.2, 0) is 19.1 Å². The van der Waals surface area contributed by atoms with E-state index in [-0.39, 0.29) is 12.5 Å². The summed E-state index contributed by atoms with van der Waals surface area (Å²) in [6, 6.07) is 0. The van der Waals surface area contributed by atoms with E-state index >= 15 is 0 Å². The lowest BCUT2D eigenvalue weighted by Crippen LogP contribution is -2.55. The zero-order valence-electron chi connectivity index (χ0n) is 10.7. The first-order valence-electron chi connectivity index (χ1n) is 5.15. The number of methoxy groups -OCH3 is 2. The van der Waals surface area contributed by atoms with Crippen molar-refractivity contribution in [3.05, 3.63) is 12.7 Å². The molecular weight excluding hydrogens is 224 g/mol. The van der Waals surface area contributed by atoms with Crippen molar-refractivity contribution < 1.29 is 19.1 Å². The minimum atomic E-state index is -1.02. The van der Waals surface area contributed by atoms with E-state index in [0.717, 1.165) is 6.08 Å². The Balaban J connectivity index is 4.28. The van der Waals surface area contributed by atoms with Crippen LogP contribution in [0.1, 0.15) is 13.8 Å². The molecule has 6 heteroatoms. The lowest BCUT2D eigenvalue weighted by atomic mass is 10.0. The summed E-state index contributed by atoms with van der Waals surface area (Å²) in [5.74, 6) is -0.730. The molecule has 0 bridgehead atoms. The van der Waals surface area contributed by atoms with E-state index in [1.54, 1.807) is 13.8 Å². The van der Waals surface area contributed by atoms with Gasteiger partial charge in [0.15, 0.2) is 6.29 Å². The molecule has 0 fully saturated rings. The third-order valence-electron chi connectivity index (χ3n) is 2.14. The van der Waals surface area contributed by atoms with Crippen molar-refractivity contribution in [2.24, 2.45) is 0 Å². The van der Waals surface area contributed by atoms with Gasteiger partial charge in [0.25, 0.3) is 0 Å². The lowest BCUT2D eigenvalue weighted by molar-refractivity contribution is -0.134. The Morgan fingerprint density at radius 1 is 1.35 bits per heavy atom. The highest BCUT2D eigenvalue weighted by Crippen LogP contribution is 2.02. The van der Waals surface area contributed by atoms with Gasteiger partial charge in [-0.3, -0.25) is 9.59 Å². The number of carbonyl (C=O) groups is 2. The molecule has 0 saturated heterocycles. The highest BCUT2D eigenvalue weighted by atomic mass is 16.7. The highest BCUT2D eigenvalue weighted by Gasteiger charge is 2.28. The molecule has 2 amide bonds. The Hall–Kier alpha value is -1.40. The second kappa shape index (κ2) is 7.03. The van der Waals surface area contributed by atoms with Crippen molar-refractivity contribution in [3.63, 3.8) is 0 Å². The first-order valence-corrected chi connectivity index (χ1v) is 5.15. The summed E-state index contributed by atoms with van der Waals surface area (Å²) in [5, 5.41) is 5.13. The molecule has 0 aliphatic carbocycles. The van der Waals surface area contributed by atoms with Crippen LogP contribution in [0.2, 0.25) is 0 Å². The maximum absolute atomic E-state index is 11.8. The van der Waals surface area contributed by atoms with E-state index in [0.29, 0.717) is 0 Å². The van der Waals surface area contributed by atoms with Gasteiger partial charge in [-0.2, -0.15) is 0 Å². The Morgan fingerprint density at radius 2 is 1.88 bits per heavy atom. The molecule has 0 atom stereocenters. The highest BCUT2D eigenvalue weighted by molar-refractivity contribution is 5.94. The smallest absolute Gasteiger partial charge is 0.245 e. The number of ether oxygens (including phenoxy) is 2. The van der Waals surface area contributed by atoms with Crippen molar-refractivity contribution in [2.45, 2.75) is 25.7 Å². The molecule has 0 rings (SSSR count). The van der Waals surface area contributed by atoms with Crippen molar-refractivity contribution in [1.82, 2.24) is 10.6 Å². The predicted octanol–water partition coefficient (Wildman–Crippen LogP) is -0.198. The fourth-order valence-electron chi connectivity index (χ4n) is 1.08. The SMILES string of the molecule is C=CC(=O)NC(C)(C)C(=O)NCC(OC)OC. The van der Waals surface area contributed by atoms with Gasteiger partial charge in [-0.1, -0.05) is 6.58 Å². The van der Waals surface area contributed by atoms with Gasteiger partial charge in [-0.05, 0) is 19.9 Å². The third-order valence-corrected chi connectivity index (χ3v) is 2.14. The molecule has 0 radical (unpaired) electrons. The molecule has 0 heterocycles. The molecule has 98 valence electrons. The molecule has 0 saturated carbocycles. The Labute approximate surface area is 101 Å².